The minimum atomic E-state index is -0.962. The fourth-order valence-corrected chi connectivity index (χ4v) is 2.83. The minimum Gasteiger partial charge on any atom is -0.507 e. The Labute approximate surface area is 155 Å². The number of phenolic OH excluding ortho intramolecular Hbond substituents is 2. The highest BCUT2D eigenvalue weighted by Crippen LogP contribution is 2.36. The van der Waals surface area contributed by atoms with Crippen molar-refractivity contribution in [2.24, 2.45) is 0 Å². The van der Waals surface area contributed by atoms with Crippen molar-refractivity contribution in [1.29, 1.82) is 0 Å². The Morgan fingerprint density at radius 3 is 2.52 bits per heavy atom. The fourth-order valence-electron chi connectivity index (χ4n) is 2.83. The molecule has 2 aromatic carbocycles. The summed E-state index contributed by atoms with van der Waals surface area (Å²) in [6.07, 6.45) is 0.249. The predicted molar refractivity (Wildman–Crippen MR) is 102 cm³/mol. The number of rotatable bonds is 5. The molecular weight excluding hydrogens is 348 g/mol. The van der Waals surface area contributed by atoms with Crippen LogP contribution in [0, 0.1) is 0 Å². The van der Waals surface area contributed by atoms with Crippen molar-refractivity contribution in [2.45, 2.75) is 19.4 Å². The summed E-state index contributed by atoms with van der Waals surface area (Å²) < 4.78 is 10.6. The van der Waals surface area contributed by atoms with E-state index in [2.05, 4.69) is 6.58 Å². The van der Waals surface area contributed by atoms with E-state index in [1.54, 1.807) is 38.3 Å². The monoisotopic (exact) mass is 368 g/mol. The number of ether oxygens (including phenoxy) is 1. The van der Waals surface area contributed by atoms with E-state index in [0.29, 0.717) is 16.9 Å². The molecule has 3 aromatic rings. The van der Waals surface area contributed by atoms with Crippen LogP contribution in [0.5, 0.6) is 17.2 Å². The summed E-state index contributed by atoms with van der Waals surface area (Å²) in [5.41, 5.74) is 1.02. The first-order valence-corrected chi connectivity index (χ1v) is 8.30. The Balaban J connectivity index is 2.19. The van der Waals surface area contributed by atoms with Gasteiger partial charge in [-0.1, -0.05) is 24.3 Å². The lowest BCUT2D eigenvalue weighted by Crippen LogP contribution is -2.12. The predicted octanol–water partition coefficient (Wildman–Crippen LogP) is 3.36. The molecule has 6 heteroatoms. The summed E-state index contributed by atoms with van der Waals surface area (Å²) in [5.74, 6) is -0.0252. The molecule has 140 valence electrons. The summed E-state index contributed by atoms with van der Waals surface area (Å²) in [6, 6.07) is 8.10. The van der Waals surface area contributed by atoms with Gasteiger partial charge in [0.05, 0.1) is 18.8 Å². The van der Waals surface area contributed by atoms with Crippen LogP contribution in [0.25, 0.3) is 22.1 Å². The number of hydrogen-bond donors (Lipinski definition) is 3. The van der Waals surface area contributed by atoms with Crippen LogP contribution in [0.3, 0.4) is 0 Å². The normalized spacial score (nSPS) is 12.1. The minimum absolute atomic E-state index is 0.0509. The van der Waals surface area contributed by atoms with Crippen molar-refractivity contribution in [2.75, 3.05) is 7.11 Å². The van der Waals surface area contributed by atoms with E-state index in [9.17, 15) is 20.1 Å². The average Bonchev–Trinajstić information content (AvgIpc) is 2.65. The molecule has 6 nitrogen and oxygen atoms in total. The highest BCUT2D eigenvalue weighted by molar-refractivity contribution is 5.89. The number of fused-ring (bicyclic) bond motifs is 1. The van der Waals surface area contributed by atoms with Crippen LogP contribution in [-0.2, 0) is 6.42 Å². The lowest BCUT2D eigenvalue weighted by Gasteiger charge is -2.14. The molecule has 0 aliphatic heterocycles. The zero-order valence-corrected chi connectivity index (χ0v) is 15.0. The van der Waals surface area contributed by atoms with E-state index in [1.807, 2.05) is 0 Å². The number of aliphatic hydroxyl groups is 1. The van der Waals surface area contributed by atoms with E-state index < -0.39 is 17.3 Å². The van der Waals surface area contributed by atoms with Gasteiger partial charge in [-0.3, -0.25) is 4.79 Å². The number of benzene rings is 2. The van der Waals surface area contributed by atoms with Gasteiger partial charge in [0.15, 0.2) is 0 Å². The maximum atomic E-state index is 13.0. The lowest BCUT2D eigenvalue weighted by molar-refractivity contribution is 0.209. The van der Waals surface area contributed by atoms with Crippen LogP contribution in [0.2, 0.25) is 0 Å². The van der Waals surface area contributed by atoms with Gasteiger partial charge in [0.2, 0.25) is 5.43 Å². The first-order valence-electron chi connectivity index (χ1n) is 8.30. The average molecular weight is 368 g/mol. The first-order chi connectivity index (χ1) is 12.8. The maximum absolute atomic E-state index is 13.0. The fraction of sp³-hybridized carbons (Fsp3) is 0.190. The first kappa shape index (κ1) is 18.5. The summed E-state index contributed by atoms with van der Waals surface area (Å²) in [6.45, 7) is 5.29. The van der Waals surface area contributed by atoms with Gasteiger partial charge >= 0.3 is 0 Å². The van der Waals surface area contributed by atoms with Crippen LogP contribution in [0.15, 0.2) is 58.0 Å². The van der Waals surface area contributed by atoms with Crippen LogP contribution >= 0.6 is 0 Å². The van der Waals surface area contributed by atoms with Crippen molar-refractivity contribution >= 4 is 11.0 Å². The summed E-state index contributed by atoms with van der Waals surface area (Å²) >= 11 is 0. The topological polar surface area (TPSA) is 100 Å². The third kappa shape index (κ3) is 3.39. The summed E-state index contributed by atoms with van der Waals surface area (Å²) in [5, 5.41) is 30.8. The van der Waals surface area contributed by atoms with Crippen molar-refractivity contribution in [3.05, 3.63) is 64.5 Å². The Morgan fingerprint density at radius 2 is 1.93 bits per heavy atom. The molecule has 0 fully saturated rings. The van der Waals surface area contributed by atoms with Crippen LogP contribution < -0.4 is 10.2 Å². The number of aliphatic hydroxyl groups excluding tert-OH is 1. The molecule has 1 heterocycles. The zero-order chi connectivity index (χ0) is 19.7. The zero-order valence-electron chi connectivity index (χ0n) is 15.0. The largest absolute Gasteiger partial charge is 0.507 e. The molecule has 0 aliphatic carbocycles. The molecule has 0 saturated heterocycles. The van der Waals surface area contributed by atoms with Gasteiger partial charge < -0.3 is 24.5 Å². The van der Waals surface area contributed by atoms with E-state index >= 15 is 0 Å². The van der Waals surface area contributed by atoms with Gasteiger partial charge in [0, 0.05) is 18.1 Å². The van der Waals surface area contributed by atoms with Crippen molar-refractivity contribution in [3.63, 3.8) is 0 Å². The quantitative estimate of drug-likeness (QED) is 0.597. The standard InChI is InChI=1S/C21H20O6/c1-11(2)16(22)8-14-17(23)9-18-19(20(14)24)21(25)15(10-27-18)12-4-6-13(26-3)7-5-12/h4-7,9-10,16,22-24H,1,8H2,2-3H3. The second kappa shape index (κ2) is 7.17. The number of phenols is 2. The van der Waals surface area contributed by atoms with Gasteiger partial charge in [0.25, 0.3) is 0 Å². The van der Waals surface area contributed by atoms with Gasteiger partial charge in [-0.15, -0.1) is 0 Å². The van der Waals surface area contributed by atoms with Crippen LogP contribution in [0.4, 0.5) is 0 Å². The van der Waals surface area contributed by atoms with Crippen molar-refractivity contribution in [1.82, 2.24) is 0 Å². The van der Waals surface area contributed by atoms with Gasteiger partial charge in [-0.25, -0.2) is 0 Å². The Hall–Kier alpha value is -3.25. The Morgan fingerprint density at radius 1 is 1.26 bits per heavy atom. The maximum Gasteiger partial charge on any atom is 0.204 e. The summed E-state index contributed by atoms with van der Waals surface area (Å²) in [7, 11) is 1.55. The molecule has 27 heavy (non-hydrogen) atoms. The molecule has 3 rings (SSSR count). The summed E-state index contributed by atoms with van der Waals surface area (Å²) in [4.78, 5) is 13.0. The van der Waals surface area contributed by atoms with E-state index in [-0.39, 0.29) is 34.3 Å². The van der Waals surface area contributed by atoms with Gasteiger partial charge in [-0.05, 0) is 24.6 Å². The molecule has 0 bridgehead atoms. The van der Waals surface area contributed by atoms with E-state index in [0.717, 1.165) is 0 Å². The molecule has 0 amide bonds. The molecule has 1 aromatic heterocycles. The van der Waals surface area contributed by atoms with Gasteiger partial charge in [0.1, 0.15) is 34.5 Å². The second-order valence-corrected chi connectivity index (χ2v) is 6.37. The second-order valence-electron chi connectivity index (χ2n) is 6.37. The number of aromatic hydroxyl groups is 2. The van der Waals surface area contributed by atoms with Crippen molar-refractivity contribution < 1.29 is 24.5 Å². The third-order valence-electron chi connectivity index (χ3n) is 4.49. The molecule has 0 radical (unpaired) electrons. The molecule has 0 aliphatic rings. The molecule has 0 saturated carbocycles. The Kier molecular flexibility index (Phi) is 4.92. The Bertz CT molecular complexity index is 1060. The third-order valence-corrected chi connectivity index (χ3v) is 4.49. The van der Waals surface area contributed by atoms with Crippen LogP contribution in [0.1, 0.15) is 12.5 Å². The highest BCUT2D eigenvalue weighted by Gasteiger charge is 2.21. The molecule has 1 atom stereocenters. The number of hydrogen-bond acceptors (Lipinski definition) is 6. The van der Waals surface area contributed by atoms with Gasteiger partial charge in [-0.2, -0.15) is 0 Å². The molecular formula is C21H20O6. The van der Waals surface area contributed by atoms with E-state index in [1.165, 1.54) is 12.3 Å². The molecule has 0 spiro atoms. The highest BCUT2D eigenvalue weighted by atomic mass is 16.5. The smallest absolute Gasteiger partial charge is 0.204 e. The lowest BCUT2D eigenvalue weighted by atomic mass is 9.98. The van der Waals surface area contributed by atoms with E-state index in [4.69, 9.17) is 9.15 Å². The molecule has 1 unspecified atom stereocenters. The SMILES string of the molecule is C=C(C)C(O)Cc1c(O)cc2occ(-c3ccc(OC)cc3)c(=O)c2c1O. The van der Waals surface area contributed by atoms with Crippen molar-refractivity contribution in [3.8, 4) is 28.4 Å². The molecule has 3 N–H and O–H groups in total. The number of methoxy groups -OCH3 is 1. The van der Waals surface area contributed by atoms with Crippen LogP contribution in [-0.4, -0.2) is 28.5 Å².